The molecule has 0 bridgehead atoms. The average Bonchev–Trinajstić information content (AvgIpc) is 3.07. The predicted octanol–water partition coefficient (Wildman–Crippen LogP) is 3.69. The summed E-state index contributed by atoms with van der Waals surface area (Å²) in [6.45, 7) is -1.10. The molecule has 2 heterocycles. The molecule has 2 amide bonds. The Morgan fingerprint density at radius 2 is 1.68 bits per heavy atom. The molecule has 3 N–H and O–H groups in total. The third-order valence-electron chi connectivity index (χ3n) is 4.56. The van der Waals surface area contributed by atoms with Crippen LogP contribution in [-0.4, -0.2) is 50.3 Å². The number of benzene rings is 1. The third-order valence-corrected chi connectivity index (χ3v) is 5.86. The van der Waals surface area contributed by atoms with Crippen molar-refractivity contribution in [2.75, 3.05) is 13.1 Å². The number of hydrogen-bond donors (Lipinski definition) is 3. The molecule has 0 aliphatic carbocycles. The third kappa shape index (κ3) is 7.27. The Balaban J connectivity index is 1.85. The second kappa shape index (κ2) is 10.9. The minimum absolute atomic E-state index is 0.00752. The summed E-state index contributed by atoms with van der Waals surface area (Å²) in [7, 11) is 0. The van der Waals surface area contributed by atoms with E-state index in [1.165, 1.54) is 24.3 Å². The number of aliphatic carboxylic acids is 1. The van der Waals surface area contributed by atoms with Gasteiger partial charge in [-0.3, -0.25) is 14.4 Å². The maximum Gasteiger partial charge on any atom is 0.416 e. The highest BCUT2D eigenvalue weighted by Gasteiger charge is 2.37. The number of carboxylic acids is 1. The van der Waals surface area contributed by atoms with Gasteiger partial charge in [0.2, 0.25) is 5.91 Å². The maximum atomic E-state index is 13.2. The fourth-order valence-corrected chi connectivity index (χ4v) is 4.12. The SMILES string of the molecule is O=C(O)CNC(=O)CNN1C(=O)C(=Cc2cccc(-c3cc(C(F)(F)F)cc(C(F)(F)F)c3)n2)SC1=S. The van der Waals surface area contributed by atoms with Crippen LogP contribution in [0.5, 0.6) is 0 Å². The van der Waals surface area contributed by atoms with E-state index in [9.17, 15) is 40.7 Å². The number of hydrogen-bond acceptors (Lipinski definition) is 7. The maximum absolute atomic E-state index is 13.2. The average molecular weight is 564 g/mol. The van der Waals surface area contributed by atoms with Gasteiger partial charge in [-0.1, -0.05) is 30.0 Å². The number of rotatable bonds is 7. The second-order valence-corrected chi connectivity index (χ2v) is 8.94. The molecule has 16 heteroatoms. The number of thioether (sulfide) groups is 1. The van der Waals surface area contributed by atoms with E-state index in [0.717, 1.165) is 16.8 Å². The lowest BCUT2D eigenvalue weighted by molar-refractivity contribution is -0.143. The van der Waals surface area contributed by atoms with Crippen LogP contribution >= 0.6 is 24.0 Å². The highest BCUT2D eigenvalue weighted by Crippen LogP contribution is 2.38. The Morgan fingerprint density at radius 3 is 2.24 bits per heavy atom. The van der Waals surface area contributed by atoms with E-state index in [0.29, 0.717) is 12.1 Å². The van der Waals surface area contributed by atoms with Gasteiger partial charge in [-0.05, 0) is 36.4 Å². The van der Waals surface area contributed by atoms with Gasteiger partial charge in [-0.15, -0.1) is 0 Å². The number of nitrogens with zero attached hydrogens (tertiary/aromatic N) is 2. The van der Waals surface area contributed by atoms with Gasteiger partial charge in [0.25, 0.3) is 5.91 Å². The first-order valence-electron chi connectivity index (χ1n) is 9.92. The molecule has 0 spiro atoms. The van der Waals surface area contributed by atoms with Crippen molar-refractivity contribution in [2.45, 2.75) is 12.4 Å². The molecule has 1 aliphatic rings. The number of thiocarbonyl (C=S) groups is 1. The lowest BCUT2D eigenvalue weighted by Gasteiger charge is -2.15. The quantitative estimate of drug-likeness (QED) is 0.265. The Bertz CT molecular complexity index is 1260. The van der Waals surface area contributed by atoms with Gasteiger partial charge in [-0.25, -0.2) is 15.4 Å². The number of aromatic nitrogens is 1. The number of carbonyl (C=O) groups excluding carboxylic acids is 2. The number of alkyl halides is 6. The Labute approximate surface area is 213 Å². The van der Waals surface area contributed by atoms with Crippen molar-refractivity contribution in [3.8, 4) is 11.3 Å². The Hall–Kier alpha value is -3.50. The molecular weight excluding hydrogens is 550 g/mol. The molecule has 1 aromatic heterocycles. The van der Waals surface area contributed by atoms with Gasteiger partial charge >= 0.3 is 18.3 Å². The van der Waals surface area contributed by atoms with Gasteiger partial charge < -0.3 is 10.4 Å². The van der Waals surface area contributed by atoms with Crippen LogP contribution in [-0.2, 0) is 26.7 Å². The van der Waals surface area contributed by atoms with E-state index < -0.39 is 59.9 Å². The number of amides is 2. The molecule has 0 radical (unpaired) electrons. The van der Waals surface area contributed by atoms with Crippen molar-refractivity contribution < 1.29 is 45.8 Å². The van der Waals surface area contributed by atoms with Crippen molar-refractivity contribution >= 4 is 52.2 Å². The van der Waals surface area contributed by atoms with Crippen LogP contribution < -0.4 is 10.7 Å². The zero-order chi connectivity index (χ0) is 27.5. The summed E-state index contributed by atoms with van der Waals surface area (Å²) in [6.07, 6.45) is -8.83. The van der Waals surface area contributed by atoms with Gasteiger partial charge in [-0.2, -0.15) is 26.3 Å². The minimum Gasteiger partial charge on any atom is -0.480 e. The minimum atomic E-state index is -5.03. The fourth-order valence-electron chi connectivity index (χ4n) is 2.92. The highest BCUT2D eigenvalue weighted by atomic mass is 32.2. The zero-order valence-electron chi connectivity index (χ0n) is 18.1. The van der Waals surface area contributed by atoms with Gasteiger partial charge in [0.05, 0.1) is 34.0 Å². The van der Waals surface area contributed by atoms with Crippen LogP contribution in [0.1, 0.15) is 16.8 Å². The van der Waals surface area contributed by atoms with Crippen molar-refractivity contribution in [2.24, 2.45) is 0 Å². The first-order chi connectivity index (χ1) is 17.1. The van der Waals surface area contributed by atoms with Crippen LogP contribution in [0, 0.1) is 0 Å². The van der Waals surface area contributed by atoms with E-state index >= 15 is 0 Å². The molecule has 2 aromatic rings. The van der Waals surface area contributed by atoms with E-state index in [-0.39, 0.29) is 26.7 Å². The van der Waals surface area contributed by atoms with Crippen molar-refractivity contribution in [1.29, 1.82) is 0 Å². The zero-order valence-corrected chi connectivity index (χ0v) is 19.7. The summed E-state index contributed by atoms with van der Waals surface area (Å²) in [4.78, 5) is 38.9. The topological polar surface area (TPSA) is 112 Å². The van der Waals surface area contributed by atoms with Crippen LogP contribution in [0.25, 0.3) is 17.3 Å². The van der Waals surface area contributed by atoms with Crippen molar-refractivity contribution in [3.05, 3.63) is 58.1 Å². The second-order valence-electron chi connectivity index (χ2n) is 7.26. The fraction of sp³-hybridized carbons (Fsp3) is 0.190. The molecule has 3 rings (SSSR count). The van der Waals surface area contributed by atoms with Crippen LogP contribution in [0.2, 0.25) is 0 Å². The molecule has 1 fully saturated rings. The summed E-state index contributed by atoms with van der Waals surface area (Å²) in [5.74, 6) is -2.70. The first-order valence-corrected chi connectivity index (χ1v) is 11.1. The molecule has 196 valence electrons. The summed E-state index contributed by atoms with van der Waals surface area (Å²) in [6, 6.07) is 5.03. The monoisotopic (exact) mass is 564 g/mol. The molecule has 1 aromatic carbocycles. The smallest absolute Gasteiger partial charge is 0.416 e. The molecule has 0 atom stereocenters. The lowest BCUT2D eigenvalue weighted by Crippen LogP contribution is -2.47. The molecule has 37 heavy (non-hydrogen) atoms. The lowest BCUT2D eigenvalue weighted by atomic mass is 10.0. The van der Waals surface area contributed by atoms with Crippen molar-refractivity contribution in [1.82, 2.24) is 20.7 Å². The van der Waals surface area contributed by atoms with Crippen LogP contribution in [0.15, 0.2) is 41.3 Å². The molecule has 8 nitrogen and oxygen atoms in total. The predicted molar refractivity (Wildman–Crippen MR) is 123 cm³/mol. The molecular formula is C21H14F6N4O4S2. The summed E-state index contributed by atoms with van der Waals surface area (Å²) < 4.78 is 79.2. The number of carbonyl (C=O) groups is 3. The molecule has 1 saturated heterocycles. The van der Waals surface area contributed by atoms with E-state index in [1.54, 1.807) is 0 Å². The van der Waals surface area contributed by atoms with E-state index in [1.807, 2.05) is 0 Å². The Kier molecular flexibility index (Phi) is 8.24. The normalized spacial score (nSPS) is 15.4. The highest BCUT2D eigenvalue weighted by molar-refractivity contribution is 8.26. The number of nitrogens with one attached hydrogen (secondary N) is 2. The Morgan fingerprint density at radius 1 is 1.05 bits per heavy atom. The van der Waals surface area contributed by atoms with E-state index in [4.69, 9.17) is 17.3 Å². The molecule has 0 saturated carbocycles. The standard InChI is InChI=1S/C21H14F6N4O4S2/c22-20(23,24)11-4-10(5-12(6-11)21(25,26)27)14-3-1-2-13(30-14)7-15-18(35)31(19(36)37-15)29-8-16(32)28-9-17(33)34/h1-7,29H,8-9H2,(H,28,32)(H,33,34). The largest absolute Gasteiger partial charge is 0.480 e. The summed E-state index contributed by atoms with van der Waals surface area (Å²) in [5, 5.41) is 11.5. The van der Waals surface area contributed by atoms with Gasteiger partial charge in [0, 0.05) is 5.56 Å². The molecule has 1 aliphatic heterocycles. The number of carboxylic acid groups (broad SMARTS) is 1. The van der Waals surface area contributed by atoms with Gasteiger partial charge in [0.1, 0.15) is 6.54 Å². The molecule has 0 unspecified atom stereocenters. The number of pyridine rings is 1. The summed E-state index contributed by atoms with van der Waals surface area (Å²) in [5.41, 5.74) is -1.14. The van der Waals surface area contributed by atoms with Crippen LogP contribution in [0.3, 0.4) is 0 Å². The van der Waals surface area contributed by atoms with Gasteiger partial charge in [0.15, 0.2) is 4.32 Å². The summed E-state index contributed by atoms with van der Waals surface area (Å²) >= 11 is 5.88. The van der Waals surface area contributed by atoms with E-state index in [2.05, 4.69) is 15.7 Å². The van der Waals surface area contributed by atoms with Crippen LogP contribution in [0.4, 0.5) is 26.3 Å². The number of halogens is 6. The van der Waals surface area contributed by atoms with Crippen molar-refractivity contribution in [3.63, 3.8) is 0 Å². The first kappa shape index (κ1) is 28.1. The number of hydrazine groups is 1.